The van der Waals surface area contributed by atoms with E-state index in [0.717, 1.165) is 29.2 Å². The molecule has 1 aromatic heterocycles. The average molecular weight is 621 g/mol. The molecule has 10 nitrogen and oxygen atoms in total. The van der Waals surface area contributed by atoms with E-state index in [1.54, 1.807) is 30.3 Å². The number of hydrogen-bond acceptors (Lipinski definition) is 7. The van der Waals surface area contributed by atoms with E-state index < -0.39 is 41.5 Å². The van der Waals surface area contributed by atoms with Gasteiger partial charge in [0.1, 0.15) is 6.04 Å². The molecule has 3 rings (SSSR count). The number of rotatable bonds is 13. The first-order chi connectivity index (χ1) is 20.4. The molecule has 228 valence electrons. The molecule has 0 spiro atoms. The molecule has 1 heterocycles. The second kappa shape index (κ2) is 15.1. The van der Waals surface area contributed by atoms with Crippen LogP contribution in [-0.2, 0) is 30.1 Å². The summed E-state index contributed by atoms with van der Waals surface area (Å²) in [6, 6.07) is 11.0. The fourth-order valence-corrected chi connectivity index (χ4v) is 4.21. The first-order valence-corrected chi connectivity index (χ1v) is 13.4. The largest absolute Gasteiger partial charge is 0.480 e. The Labute approximate surface area is 249 Å². The molecular formula is C29H28ClF3N4O6. The maximum Gasteiger partial charge on any atom is 0.416 e. The van der Waals surface area contributed by atoms with Gasteiger partial charge in [-0.25, -0.2) is 19.7 Å². The van der Waals surface area contributed by atoms with Crippen molar-refractivity contribution in [2.45, 2.75) is 50.7 Å². The molecule has 3 aromatic rings. The molecule has 0 bridgehead atoms. The van der Waals surface area contributed by atoms with Crippen molar-refractivity contribution in [3.63, 3.8) is 0 Å². The van der Waals surface area contributed by atoms with Gasteiger partial charge in [0.15, 0.2) is 0 Å². The lowest BCUT2D eigenvalue weighted by Crippen LogP contribution is -2.40. The van der Waals surface area contributed by atoms with E-state index in [4.69, 9.17) is 11.6 Å². The van der Waals surface area contributed by atoms with Gasteiger partial charge in [0, 0.05) is 36.0 Å². The van der Waals surface area contributed by atoms with Crippen molar-refractivity contribution in [2.75, 3.05) is 12.0 Å². The second-order valence-electron chi connectivity index (χ2n) is 9.31. The van der Waals surface area contributed by atoms with Gasteiger partial charge in [-0.15, -0.1) is 0 Å². The highest BCUT2D eigenvalue weighted by Gasteiger charge is 2.31. The van der Waals surface area contributed by atoms with Crippen molar-refractivity contribution < 1.29 is 42.2 Å². The molecule has 0 fully saturated rings. The smallest absolute Gasteiger partial charge is 0.416 e. The minimum Gasteiger partial charge on any atom is -0.480 e. The summed E-state index contributed by atoms with van der Waals surface area (Å²) in [7, 11) is 1.21. The van der Waals surface area contributed by atoms with Crippen LogP contribution < -0.4 is 10.2 Å². The van der Waals surface area contributed by atoms with Crippen molar-refractivity contribution in [3.8, 4) is 11.3 Å². The molecule has 14 heteroatoms. The molecule has 1 atom stereocenters. The topological polar surface area (TPSA) is 139 Å². The number of benzene rings is 2. The minimum absolute atomic E-state index is 0.00287. The highest BCUT2D eigenvalue weighted by atomic mass is 35.5. The Morgan fingerprint density at radius 1 is 1.02 bits per heavy atom. The quantitative estimate of drug-likeness (QED) is 0.237. The predicted octanol–water partition coefficient (Wildman–Crippen LogP) is 5.56. The number of nitrogens with zero attached hydrogens (tertiary/aromatic N) is 3. The summed E-state index contributed by atoms with van der Waals surface area (Å²) in [6.07, 6.45) is -3.49. The highest BCUT2D eigenvalue weighted by molar-refractivity contribution is 6.30. The number of carboxylic acids is 1. The third-order valence-electron chi connectivity index (χ3n) is 6.19. The number of carbonyl (C=O) groups is 4. The lowest BCUT2D eigenvalue weighted by atomic mass is 10.1. The second-order valence-corrected chi connectivity index (χ2v) is 9.74. The Morgan fingerprint density at radius 2 is 1.74 bits per heavy atom. The monoisotopic (exact) mass is 620 g/mol. The SMILES string of the molecule is COC(=O)CCCC(NC(=O)CCCC(=O)N(c1ccc(C(F)(F)F)cc1)c1nccc(-c2cccc(Cl)c2)n1)C(=O)O. The van der Waals surface area contributed by atoms with Crippen molar-refractivity contribution in [1.82, 2.24) is 15.3 Å². The van der Waals surface area contributed by atoms with Crippen LogP contribution in [0, 0.1) is 0 Å². The van der Waals surface area contributed by atoms with Crippen LogP contribution in [0.15, 0.2) is 60.8 Å². The van der Waals surface area contributed by atoms with Gasteiger partial charge < -0.3 is 15.2 Å². The molecule has 0 radical (unpaired) electrons. The van der Waals surface area contributed by atoms with Crippen molar-refractivity contribution >= 4 is 47.0 Å². The van der Waals surface area contributed by atoms with E-state index in [9.17, 15) is 37.5 Å². The summed E-state index contributed by atoms with van der Waals surface area (Å²) in [6.45, 7) is 0. The summed E-state index contributed by atoms with van der Waals surface area (Å²) in [5, 5.41) is 12.2. The number of hydrogen-bond donors (Lipinski definition) is 2. The zero-order valence-corrected chi connectivity index (χ0v) is 23.7. The maximum atomic E-state index is 13.4. The van der Waals surface area contributed by atoms with E-state index in [2.05, 4.69) is 20.0 Å². The number of alkyl halides is 3. The van der Waals surface area contributed by atoms with Crippen LogP contribution in [0.4, 0.5) is 24.8 Å². The highest BCUT2D eigenvalue weighted by Crippen LogP contribution is 2.32. The number of aliphatic carboxylic acids is 1. The van der Waals surface area contributed by atoms with E-state index in [1.165, 1.54) is 13.3 Å². The number of aromatic nitrogens is 2. The minimum atomic E-state index is -4.59. The fraction of sp³-hybridized carbons (Fsp3) is 0.310. The molecule has 43 heavy (non-hydrogen) atoms. The van der Waals surface area contributed by atoms with Crippen LogP contribution in [0.3, 0.4) is 0 Å². The van der Waals surface area contributed by atoms with Crippen molar-refractivity contribution in [3.05, 3.63) is 71.4 Å². The summed E-state index contributed by atoms with van der Waals surface area (Å²) in [5.74, 6) is -3.13. The maximum absolute atomic E-state index is 13.4. The van der Waals surface area contributed by atoms with Crippen LogP contribution in [0.2, 0.25) is 5.02 Å². The van der Waals surface area contributed by atoms with Gasteiger partial charge in [-0.1, -0.05) is 23.7 Å². The Hall–Kier alpha value is -4.52. The van der Waals surface area contributed by atoms with Crippen LogP contribution in [0.1, 0.15) is 44.1 Å². The third-order valence-corrected chi connectivity index (χ3v) is 6.43. The molecule has 0 saturated carbocycles. The van der Waals surface area contributed by atoms with Crippen molar-refractivity contribution in [1.29, 1.82) is 0 Å². The van der Waals surface area contributed by atoms with Gasteiger partial charge in [-0.05, 0) is 61.7 Å². The normalized spacial score (nSPS) is 11.8. The number of esters is 1. The fourth-order valence-electron chi connectivity index (χ4n) is 4.02. The molecule has 1 unspecified atom stereocenters. The lowest BCUT2D eigenvalue weighted by Gasteiger charge is -2.22. The molecule has 0 aliphatic rings. The van der Waals surface area contributed by atoms with E-state index in [0.29, 0.717) is 16.3 Å². The molecule has 0 aliphatic carbocycles. The Morgan fingerprint density at radius 3 is 2.37 bits per heavy atom. The molecule has 2 amide bonds. The van der Waals surface area contributed by atoms with E-state index in [1.807, 2.05) is 0 Å². The average Bonchev–Trinajstić information content (AvgIpc) is 2.96. The number of halogens is 4. The predicted molar refractivity (Wildman–Crippen MR) is 150 cm³/mol. The van der Waals surface area contributed by atoms with Gasteiger partial charge in [-0.3, -0.25) is 14.4 Å². The first-order valence-electron chi connectivity index (χ1n) is 13.1. The van der Waals surface area contributed by atoms with Gasteiger partial charge in [0.2, 0.25) is 17.8 Å². The van der Waals surface area contributed by atoms with Gasteiger partial charge >= 0.3 is 18.1 Å². The van der Waals surface area contributed by atoms with E-state index in [-0.39, 0.29) is 50.2 Å². The van der Waals surface area contributed by atoms with Gasteiger partial charge in [-0.2, -0.15) is 13.2 Å². The number of anilines is 2. The van der Waals surface area contributed by atoms with Crippen LogP contribution in [0.25, 0.3) is 11.3 Å². The third kappa shape index (κ3) is 9.77. The number of methoxy groups -OCH3 is 1. The molecule has 0 aliphatic heterocycles. The summed E-state index contributed by atoms with van der Waals surface area (Å²) in [5.41, 5.74) is 0.187. The number of ether oxygens (including phenoxy) is 1. The van der Waals surface area contributed by atoms with Crippen LogP contribution in [0.5, 0.6) is 0 Å². The first kappa shape index (κ1) is 33.0. The number of carboxylic acid groups (broad SMARTS) is 1. The Kier molecular flexibility index (Phi) is 11.6. The van der Waals surface area contributed by atoms with Crippen LogP contribution >= 0.6 is 11.6 Å². The van der Waals surface area contributed by atoms with E-state index >= 15 is 0 Å². The van der Waals surface area contributed by atoms with Crippen LogP contribution in [-0.4, -0.2) is 52.0 Å². The lowest BCUT2D eigenvalue weighted by molar-refractivity contribution is -0.143. The molecule has 2 aromatic carbocycles. The number of carbonyl (C=O) groups excluding carboxylic acids is 3. The Bertz CT molecular complexity index is 1450. The molecule has 0 saturated heterocycles. The van der Waals surface area contributed by atoms with Gasteiger partial charge in [0.05, 0.1) is 24.1 Å². The summed E-state index contributed by atoms with van der Waals surface area (Å²) < 4.78 is 44.0. The Balaban J connectivity index is 1.76. The standard InChI is InChI=1S/C29H28ClF3N4O6/c1-43-26(40)10-3-7-23(27(41)42)35-24(38)8-4-9-25(39)37(21-13-11-19(12-14-21)29(31,32)33)28-34-16-15-22(36-28)18-5-2-6-20(30)17-18/h2,5-6,11-17,23H,3-4,7-10H2,1H3,(H,35,38)(H,41,42). The summed E-state index contributed by atoms with van der Waals surface area (Å²) in [4.78, 5) is 58.3. The van der Waals surface area contributed by atoms with Crippen molar-refractivity contribution in [2.24, 2.45) is 0 Å². The molecule has 2 N–H and O–H groups in total. The zero-order chi connectivity index (χ0) is 31.6. The number of nitrogens with one attached hydrogen (secondary N) is 1. The zero-order valence-electron chi connectivity index (χ0n) is 22.9. The summed E-state index contributed by atoms with van der Waals surface area (Å²) >= 11 is 6.09. The molecular weight excluding hydrogens is 593 g/mol. The van der Waals surface area contributed by atoms with Gasteiger partial charge in [0.25, 0.3) is 0 Å². The number of amides is 2.